The Kier molecular flexibility index (Phi) is 5.75. The molecule has 2 aromatic rings. The van der Waals surface area contributed by atoms with E-state index in [-0.39, 0.29) is 11.5 Å². The predicted octanol–water partition coefficient (Wildman–Crippen LogP) is 3.12. The highest BCUT2D eigenvalue weighted by molar-refractivity contribution is 6.02. The van der Waals surface area contributed by atoms with E-state index < -0.39 is 12.1 Å². The van der Waals surface area contributed by atoms with Crippen molar-refractivity contribution in [1.29, 1.82) is 5.26 Å². The van der Waals surface area contributed by atoms with Gasteiger partial charge in [0.2, 0.25) is 0 Å². The van der Waals surface area contributed by atoms with Crippen molar-refractivity contribution in [2.75, 3.05) is 18.6 Å². The molecule has 1 aliphatic heterocycles. The van der Waals surface area contributed by atoms with Crippen LogP contribution in [-0.4, -0.2) is 31.6 Å². The molecule has 1 amide bonds. The zero-order chi connectivity index (χ0) is 20.1. The third kappa shape index (κ3) is 4.04. The SMILES string of the molecule is COc1ccc(/C=C(\C#N)C(=O)O[C@H](C)C(=O)N2CCc3ccccc32)cc1. The number of ether oxygens (including phenoxy) is 2. The quantitative estimate of drug-likeness (QED) is 0.455. The van der Waals surface area contributed by atoms with Gasteiger partial charge in [-0.15, -0.1) is 0 Å². The lowest BCUT2D eigenvalue weighted by Gasteiger charge is -2.21. The number of amides is 1. The molecule has 1 atom stereocenters. The van der Waals surface area contributed by atoms with Crippen LogP contribution in [0.25, 0.3) is 6.08 Å². The van der Waals surface area contributed by atoms with Crippen molar-refractivity contribution in [1.82, 2.24) is 0 Å². The van der Waals surface area contributed by atoms with E-state index in [1.165, 1.54) is 13.0 Å². The minimum Gasteiger partial charge on any atom is -0.497 e. The summed E-state index contributed by atoms with van der Waals surface area (Å²) in [6.07, 6.45) is 1.19. The van der Waals surface area contributed by atoms with Gasteiger partial charge in [0.25, 0.3) is 5.91 Å². The topological polar surface area (TPSA) is 79.6 Å². The molecule has 3 rings (SSSR count). The summed E-state index contributed by atoms with van der Waals surface area (Å²) >= 11 is 0. The minimum absolute atomic E-state index is 0.174. The summed E-state index contributed by atoms with van der Waals surface area (Å²) in [5, 5.41) is 9.31. The normalized spacial score (nSPS) is 14.0. The molecule has 0 aliphatic carbocycles. The second-order valence-electron chi connectivity index (χ2n) is 6.36. The van der Waals surface area contributed by atoms with Crippen LogP contribution in [0.3, 0.4) is 0 Å². The fraction of sp³-hybridized carbons (Fsp3) is 0.227. The Labute approximate surface area is 163 Å². The van der Waals surface area contributed by atoms with Crippen molar-refractivity contribution in [2.24, 2.45) is 0 Å². The maximum absolute atomic E-state index is 12.7. The minimum atomic E-state index is -0.994. The Balaban J connectivity index is 1.69. The van der Waals surface area contributed by atoms with E-state index in [1.807, 2.05) is 30.3 Å². The van der Waals surface area contributed by atoms with Crippen molar-refractivity contribution in [3.63, 3.8) is 0 Å². The summed E-state index contributed by atoms with van der Waals surface area (Å²) in [4.78, 5) is 26.7. The maximum Gasteiger partial charge on any atom is 0.349 e. The molecular weight excluding hydrogens is 356 g/mol. The molecular formula is C22H20N2O4. The maximum atomic E-state index is 12.7. The summed E-state index contributed by atoms with van der Waals surface area (Å²) in [5.41, 5.74) is 2.41. The number of rotatable bonds is 5. The number of para-hydroxylation sites is 1. The molecule has 0 saturated carbocycles. The van der Waals surface area contributed by atoms with Crippen molar-refractivity contribution >= 4 is 23.6 Å². The van der Waals surface area contributed by atoms with Gasteiger partial charge in [0.05, 0.1) is 7.11 Å². The van der Waals surface area contributed by atoms with Gasteiger partial charge in [-0.25, -0.2) is 4.79 Å². The fourth-order valence-corrected chi connectivity index (χ4v) is 3.06. The lowest BCUT2D eigenvalue weighted by atomic mass is 10.1. The van der Waals surface area contributed by atoms with Crippen molar-refractivity contribution in [2.45, 2.75) is 19.4 Å². The lowest BCUT2D eigenvalue weighted by Crippen LogP contribution is -2.39. The average Bonchev–Trinajstić information content (AvgIpc) is 3.15. The van der Waals surface area contributed by atoms with Crippen molar-refractivity contribution < 1.29 is 19.1 Å². The molecule has 0 saturated heterocycles. The van der Waals surface area contributed by atoms with Crippen LogP contribution < -0.4 is 9.64 Å². The van der Waals surface area contributed by atoms with Gasteiger partial charge >= 0.3 is 5.97 Å². The van der Waals surface area contributed by atoms with Crippen LogP contribution in [0.15, 0.2) is 54.1 Å². The monoisotopic (exact) mass is 376 g/mol. The van der Waals surface area contributed by atoms with Crippen LogP contribution >= 0.6 is 0 Å². The van der Waals surface area contributed by atoms with Gasteiger partial charge in [-0.2, -0.15) is 5.26 Å². The number of nitrogens with zero attached hydrogens (tertiary/aromatic N) is 2. The molecule has 1 heterocycles. The predicted molar refractivity (Wildman–Crippen MR) is 105 cm³/mol. The molecule has 0 aromatic heterocycles. The van der Waals surface area contributed by atoms with Crippen LogP contribution in [0.5, 0.6) is 5.75 Å². The molecule has 142 valence electrons. The highest BCUT2D eigenvalue weighted by Gasteiger charge is 2.30. The third-order valence-corrected chi connectivity index (χ3v) is 4.55. The summed E-state index contributed by atoms with van der Waals surface area (Å²) in [6.45, 7) is 2.07. The first-order valence-corrected chi connectivity index (χ1v) is 8.89. The van der Waals surface area contributed by atoms with Crippen LogP contribution in [-0.2, 0) is 20.7 Å². The molecule has 0 radical (unpaired) electrons. The van der Waals surface area contributed by atoms with Crippen LogP contribution in [0.2, 0.25) is 0 Å². The third-order valence-electron chi connectivity index (χ3n) is 4.55. The Bertz CT molecular complexity index is 957. The molecule has 0 bridgehead atoms. The molecule has 0 fully saturated rings. The van der Waals surface area contributed by atoms with Gasteiger partial charge in [0.1, 0.15) is 17.4 Å². The number of hydrogen-bond acceptors (Lipinski definition) is 5. The number of anilines is 1. The number of hydrogen-bond donors (Lipinski definition) is 0. The van der Waals surface area contributed by atoms with E-state index >= 15 is 0 Å². The van der Waals surface area contributed by atoms with Gasteiger partial charge in [-0.1, -0.05) is 30.3 Å². The van der Waals surface area contributed by atoms with Gasteiger partial charge in [0.15, 0.2) is 6.10 Å². The molecule has 0 unspecified atom stereocenters. The fourth-order valence-electron chi connectivity index (χ4n) is 3.06. The molecule has 1 aliphatic rings. The first-order chi connectivity index (χ1) is 13.5. The second kappa shape index (κ2) is 8.40. The molecule has 28 heavy (non-hydrogen) atoms. The number of fused-ring (bicyclic) bond motifs is 1. The van der Waals surface area contributed by atoms with E-state index in [9.17, 15) is 14.9 Å². The van der Waals surface area contributed by atoms with Crippen LogP contribution in [0, 0.1) is 11.3 Å². The summed E-state index contributed by atoms with van der Waals surface area (Å²) < 4.78 is 10.3. The average molecular weight is 376 g/mol. The Morgan fingerprint density at radius 2 is 1.89 bits per heavy atom. The highest BCUT2D eigenvalue weighted by atomic mass is 16.5. The number of carbonyl (C=O) groups excluding carboxylic acids is 2. The Morgan fingerprint density at radius 3 is 2.57 bits per heavy atom. The van der Waals surface area contributed by atoms with Gasteiger partial charge in [-0.05, 0) is 48.7 Å². The van der Waals surface area contributed by atoms with E-state index in [2.05, 4.69) is 0 Å². The Hall–Kier alpha value is -3.59. The number of nitriles is 1. The van der Waals surface area contributed by atoms with Crippen LogP contribution in [0.4, 0.5) is 5.69 Å². The van der Waals surface area contributed by atoms with E-state index in [0.29, 0.717) is 17.9 Å². The first kappa shape index (κ1) is 19.2. The number of benzene rings is 2. The van der Waals surface area contributed by atoms with Crippen LogP contribution in [0.1, 0.15) is 18.1 Å². The first-order valence-electron chi connectivity index (χ1n) is 8.89. The lowest BCUT2D eigenvalue weighted by molar-refractivity contribution is -0.149. The molecule has 6 nitrogen and oxygen atoms in total. The number of esters is 1. The molecule has 2 aromatic carbocycles. The summed E-state index contributed by atoms with van der Waals surface area (Å²) in [5.74, 6) is -0.463. The van der Waals surface area contributed by atoms with Gasteiger partial charge < -0.3 is 14.4 Å². The van der Waals surface area contributed by atoms with E-state index in [4.69, 9.17) is 9.47 Å². The Morgan fingerprint density at radius 1 is 1.18 bits per heavy atom. The number of methoxy groups -OCH3 is 1. The second-order valence-corrected chi connectivity index (χ2v) is 6.36. The van der Waals surface area contributed by atoms with E-state index in [0.717, 1.165) is 17.7 Å². The zero-order valence-corrected chi connectivity index (χ0v) is 15.7. The summed E-state index contributed by atoms with van der Waals surface area (Å²) in [6, 6.07) is 16.4. The largest absolute Gasteiger partial charge is 0.497 e. The highest BCUT2D eigenvalue weighted by Crippen LogP contribution is 2.28. The smallest absolute Gasteiger partial charge is 0.349 e. The van der Waals surface area contributed by atoms with Gasteiger partial charge in [0, 0.05) is 12.2 Å². The number of carbonyl (C=O) groups is 2. The van der Waals surface area contributed by atoms with E-state index in [1.54, 1.807) is 36.3 Å². The summed E-state index contributed by atoms with van der Waals surface area (Å²) in [7, 11) is 1.56. The molecule has 6 heteroatoms. The van der Waals surface area contributed by atoms with Gasteiger partial charge in [-0.3, -0.25) is 4.79 Å². The zero-order valence-electron chi connectivity index (χ0n) is 15.7. The van der Waals surface area contributed by atoms with Crippen molar-refractivity contribution in [3.05, 3.63) is 65.2 Å². The van der Waals surface area contributed by atoms with Crippen molar-refractivity contribution in [3.8, 4) is 11.8 Å². The molecule has 0 spiro atoms. The standard InChI is InChI=1S/C22H20N2O4/c1-15(21(25)24-12-11-17-5-3-4-6-20(17)24)28-22(26)18(14-23)13-16-7-9-19(27-2)10-8-16/h3-10,13,15H,11-12H2,1-2H3/b18-13+/t15-/m1/s1. The molecule has 0 N–H and O–H groups in total.